The van der Waals surface area contributed by atoms with E-state index in [0.717, 1.165) is 16.5 Å². The molecule has 0 bridgehead atoms. The molecule has 4 N–H and O–H groups in total. The van der Waals surface area contributed by atoms with Crippen LogP contribution in [0.5, 0.6) is 0 Å². The molecule has 3 rings (SSSR count). The highest BCUT2D eigenvalue weighted by molar-refractivity contribution is 5.86. The van der Waals surface area contributed by atoms with Crippen LogP contribution in [0.2, 0.25) is 0 Å². The second-order valence-corrected chi connectivity index (χ2v) is 5.40. The van der Waals surface area contributed by atoms with Crippen LogP contribution < -0.4 is 5.73 Å². The number of H-pyrrole nitrogens is 1. The van der Waals surface area contributed by atoms with Gasteiger partial charge in [0.15, 0.2) is 0 Å². The van der Waals surface area contributed by atoms with Crippen LogP contribution in [-0.2, 0) is 11.2 Å². The summed E-state index contributed by atoms with van der Waals surface area (Å²) in [5, 5.41) is 10.6. The van der Waals surface area contributed by atoms with Gasteiger partial charge in [-0.05, 0) is 24.5 Å². The number of para-hydroxylation sites is 1. The molecule has 2 aromatic rings. The Morgan fingerprint density at radius 2 is 2.30 bits per heavy atom. The molecule has 0 aliphatic carbocycles. The molecule has 1 aromatic carbocycles. The predicted molar refractivity (Wildman–Crippen MR) is 77.2 cm³/mol. The molecular weight excluding hydrogens is 254 g/mol. The van der Waals surface area contributed by atoms with Crippen molar-refractivity contribution >= 4 is 16.8 Å². The molecule has 0 saturated carbocycles. The Balaban J connectivity index is 1.72. The highest BCUT2D eigenvalue weighted by atomic mass is 16.3. The van der Waals surface area contributed by atoms with Crippen LogP contribution in [0, 0.1) is 0 Å². The van der Waals surface area contributed by atoms with Crippen molar-refractivity contribution < 1.29 is 9.90 Å². The van der Waals surface area contributed by atoms with Gasteiger partial charge in [0, 0.05) is 30.2 Å². The van der Waals surface area contributed by atoms with Crippen LogP contribution in [0.3, 0.4) is 0 Å². The molecule has 1 aliphatic rings. The Morgan fingerprint density at radius 1 is 1.50 bits per heavy atom. The smallest absolute Gasteiger partial charge is 0.239 e. The summed E-state index contributed by atoms with van der Waals surface area (Å²) in [6.45, 7) is 1.00. The molecule has 0 radical (unpaired) electrons. The van der Waals surface area contributed by atoms with E-state index < -0.39 is 12.1 Å². The molecule has 0 unspecified atom stereocenters. The molecule has 106 valence electrons. The maximum atomic E-state index is 12.2. The summed E-state index contributed by atoms with van der Waals surface area (Å²) < 4.78 is 0. The number of nitrogens with two attached hydrogens (primary N) is 1. The number of carbonyl (C=O) groups excluding carboxylic acids is 1. The molecule has 1 saturated heterocycles. The molecule has 2 atom stereocenters. The van der Waals surface area contributed by atoms with Crippen LogP contribution in [0.4, 0.5) is 0 Å². The van der Waals surface area contributed by atoms with Crippen molar-refractivity contribution in [3.63, 3.8) is 0 Å². The third-order valence-corrected chi connectivity index (χ3v) is 3.91. The number of fused-ring (bicyclic) bond motifs is 1. The molecule has 2 heterocycles. The molecule has 1 fully saturated rings. The average Bonchev–Trinajstić information content (AvgIpc) is 3.05. The lowest BCUT2D eigenvalue weighted by molar-refractivity contribution is -0.131. The Kier molecular flexibility index (Phi) is 3.46. The largest absolute Gasteiger partial charge is 0.391 e. The zero-order valence-corrected chi connectivity index (χ0v) is 11.2. The minimum atomic E-state index is -0.556. The lowest BCUT2D eigenvalue weighted by atomic mass is 10.0. The maximum absolute atomic E-state index is 12.2. The van der Waals surface area contributed by atoms with E-state index in [2.05, 4.69) is 4.98 Å². The van der Waals surface area contributed by atoms with Crippen LogP contribution in [0.25, 0.3) is 10.9 Å². The van der Waals surface area contributed by atoms with Gasteiger partial charge in [-0.2, -0.15) is 0 Å². The van der Waals surface area contributed by atoms with Crippen LogP contribution in [0.1, 0.15) is 12.0 Å². The summed E-state index contributed by atoms with van der Waals surface area (Å²) in [4.78, 5) is 17.1. The highest BCUT2D eigenvalue weighted by Crippen LogP contribution is 2.19. The van der Waals surface area contributed by atoms with Gasteiger partial charge in [0.1, 0.15) is 0 Å². The van der Waals surface area contributed by atoms with E-state index in [1.165, 1.54) is 0 Å². The van der Waals surface area contributed by atoms with E-state index in [4.69, 9.17) is 5.73 Å². The van der Waals surface area contributed by atoms with E-state index in [-0.39, 0.29) is 5.91 Å². The van der Waals surface area contributed by atoms with Crippen molar-refractivity contribution in [1.82, 2.24) is 9.88 Å². The molecule has 1 aromatic heterocycles. The van der Waals surface area contributed by atoms with Crippen LogP contribution in [-0.4, -0.2) is 46.1 Å². The number of β-amino-alcohol motifs (C(OH)–C–C–N with tert-alkyl or cyclic N) is 1. The van der Waals surface area contributed by atoms with Crippen LogP contribution >= 0.6 is 0 Å². The van der Waals surface area contributed by atoms with E-state index in [0.29, 0.717) is 25.9 Å². The van der Waals surface area contributed by atoms with Crippen molar-refractivity contribution in [2.45, 2.75) is 25.0 Å². The van der Waals surface area contributed by atoms with Gasteiger partial charge in [0.2, 0.25) is 5.91 Å². The number of nitrogens with one attached hydrogen (secondary N) is 1. The van der Waals surface area contributed by atoms with E-state index >= 15 is 0 Å². The standard InChI is InChI=1S/C15H19N3O2/c16-13(15(20)18-6-5-11(19)9-18)7-10-8-17-14-4-2-1-3-12(10)14/h1-4,8,11,13,17,19H,5-7,9,16H2/t11-,13+/m1/s1. The third-order valence-electron chi connectivity index (χ3n) is 3.91. The molecule has 5 heteroatoms. The number of amides is 1. The summed E-state index contributed by atoms with van der Waals surface area (Å²) >= 11 is 0. The molecule has 5 nitrogen and oxygen atoms in total. The number of hydrogen-bond acceptors (Lipinski definition) is 3. The third kappa shape index (κ3) is 2.42. The van der Waals surface area contributed by atoms with Gasteiger partial charge < -0.3 is 20.7 Å². The zero-order chi connectivity index (χ0) is 14.1. The van der Waals surface area contributed by atoms with Crippen molar-refractivity contribution in [3.8, 4) is 0 Å². The summed E-state index contributed by atoms with van der Waals surface area (Å²) in [6.07, 6.45) is 2.66. The van der Waals surface area contributed by atoms with Gasteiger partial charge in [-0.25, -0.2) is 0 Å². The van der Waals surface area contributed by atoms with Gasteiger partial charge in [0.25, 0.3) is 0 Å². The monoisotopic (exact) mass is 273 g/mol. The van der Waals surface area contributed by atoms with Gasteiger partial charge in [-0.1, -0.05) is 18.2 Å². The summed E-state index contributed by atoms with van der Waals surface area (Å²) in [6, 6.07) is 7.42. The van der Waals surface area contributed by atoms with Crippen molar-refractivity contribution in [2.24, 2.45) is 5.73 Å². The minimum absolute atomic E-state index is 0.0770. The number of rotatable bonds is 3. The zero-order valence-electron chi connectivity index (χ0n) is 11.2. The minimum Gasteiger partial charge on any atom is -0.391 e. The number of benzene rings is 1. The fourth-order valence-corrected chi connectivity index (χ4v) is 2.80. The predicted octanol–water partition coefficient (Wildman–Crippen LogP) is 0.631. The number of aliphatic hydroxyl groups excluding tert-OH is 1. The average molecular weight is 273 g/mol. The molecule has 0 spiro atoms. The molecule has 1 amide bonds. The van der Waals surface area contributed by atoms with Gasteiger partial charge in [0.05, 0.1) is 12.1 Å². The lowest BCUT2D eigenvalue weighted by Gasteiger charge is -2.20. The van der Waals surface area contributed by atoms with Crippen LogP contribution in [0.15, 0.2) is 30.5 Å². The number of aromatic amines is 1. The molecular formula is C15H19N3O2. The number of carbonyl (C=O) groups is 1. The van der Waals surface area contributed by atoms with E-state index in [9.17, 15) is 9.90 Å². The second-order valence-electron chi connectivity index (χ2n) is 5.40. The fourth-order valence-electron chi connectivity index (χ4n) is 2.80. The molecule has 1 aliphatic heterocycles. The molecule has 20 heavy (non-hydrogen) atoms. The van der Waals surface area contributed by atoms with E-state index in [1.54, 1.807) is 4.90 Å². The topological polar surface area (TPSA) is 82.4 Å². The summed E-state index contributed by atoms with van der Waals surface area (Å²) in [5.74, 6) is -0.0770. The SMILES string of the molecule is N[C@@H](Cc1c[nH]c2ccccc12)C(=O)N1CC[C@@H](O)C1. The number of aromatic nitrogens is 1. The quantitative estimate of drug-likeness (QED) is 0.767. The summed E-state index contributed by atoms with van der Waals surface area (Å²) in [7, 11) is 0. The maximum Gasteiger partial charge on any atom is 0.239 e. The number of likely N-dealkylation sites (tertiary alicyclic amines) is 1. The number of aliphatic hydroxyl groups is 1. The Hall–Kier alpha value is -1.85. The normalized spacial score (nSPS) is 20.5. The fraction of sp³-hybridized carbons (Fsp3) is 0.400. The second kappa shape index (κ2) is 5.26. The lowest BCUT2D eigenvalue weighted by Crippen LogP contribution is -2.44. The van der Waals surface area contributed by atoms with Crippen molar-refractivity contribution in [1.29, 1.82) is 0 Å². The first-order valence-electron chi connectivity index (χ1n) is 6.92. The van der Waals surface area contributed by atoms with Gasteiger partial charge in [-0.15, -0.1) is 0 Å². The first-order chi connectivity index (χ1) is 9.65. The first kappa shape index (κ1) is 13.1. The highest BCUT2D eigenvalue weighted by Gasteiger charge is 2.28. The Labute approximate surface area is 117 Å². The Morgan fingerprint density at radius 3 is 3.05 bits per heavy atom. The first-order valence-corrected chi connectivity index (χ1v) is 6.92. The van der Waals surface area contributed by atoms with Gasteiger partial charge >= 0.3 is 0 Å². The Bertz CT molecular complexity index is 622. The number of nitrogens with zero attached hydrogens (tertiary/aromatic N) is 1. The van der Waals surface area contributed by atoms with E-state index in [1.807, 2.05) is 30.5 Å². The number of hydrogen-bond donors (Lipinski definition) is 3. The van der Waals surface area contributed by atoms with Gasteiger partial charge in [-0.3, -0.25) is 4.79 Å². The van der Waals surface area contributed by atoms with Crippen molar-refractivity contribution in [3.05, 3.63) is 36.0 Å². The summed E-state index contributed by atoms with van der Waals surface area (Å²) in [5.41, 5.74) is 8.15. The van der Waals surface area contributed by atoms with Crippen molar-refractivity contribution in [2.75, 3.05) is 13.1 Å².